The minimum Gasteiger partial charge on any atom is -0.441 e. The van der Waals surface area contributed by atoms with E-state index in [4.69, 9.17) is 4.12 Å². The van der Waals surface area contributed by atoms with Gasteiger partial charge in [-0.3, -0.25) is 0 Å². The molecule has 0 aliphatic heterocycles. The maximum Gasteiger partial charge on any atom is 0.251 e. The summed E-state index contributed by atoms with van der Waals surface area (Å²) in [6, 6.07) is 44.9. The average Bonchev–Trinajstić information content (AvgIpc) is 3.01. The molecule has 0 N–H and O–H groups in total. The fourth-order valence-electron chi connectivity index (χ4n) is 6.70. The molecule has 0 unspecified atom stereocenters. The fourth-order valence-corrected chi connectivity index (χ4v) is 20.7. The summed E-state index contributed by atoms with van der Waals surface area (Å²) in [5.41, 5.74) is 0. The van der Waals surface area contributed by atoms with Crippen molar-refractivity contribution in [2.75, 3.05) is 10.7 Å². The highest BCUT2D eigenvalue weighted by atomic mass is 79.9. The van der Waals surface area contributed by atoms with Crippen molar-refractivity contribution in [1.82, 2.24) is 0 Å². The minimum atomic E-state index is -2.93. The zero-order valence-electron chi connectivity index (χ0n) is 25.0. The van der Waals surface area contributed by atoms with Gasteiger partial charge in [0.2, 0.25) is 0 Å². The van der Waals surface area contributed by atoms with Crippen LogP contribution in [0, 0.1) is 0 Å². The molecule has 0 aliphatic carbocycles. The summed E-state index contributed by atoms with van der Waals surface area (Å²) < 4.78 is 8.54. The van der Waals surface area contributed by atoms with Gasteiger partial charge in [0.15, 0.2) is 0 Å². The summed E-state index contributed by atoms with van der Waals surface area (Å²) in [6.45, 7) is 9.90. The van der Waals surface area contributed by atoms with E-state index in [1.54, 1.807) is 0 Å². The van der Waals surface area contributed by atoms with E-state index in [0.717, 1.165) is 36.3 Å². The van der Waals surface area contributed by atoms with Crippen LogP contribution >= 0.6 is 31.9 Å². The summed E-state index contributed by atoms with van der Waals surface area (Å²) >= 11 is 7.51. The largest absolute Gasteiger partial charge is 0.441 e. The third-order valence-corrected chi connectivity index (χ3v) is 21.3. The molecule has 0 aliphatic rings. The van der Waals surface area contributed by atoms with Crippen molar-refractivity contribution in [3.05, 3.63) is 121 Å². The van der Waals surface area contributed by atoms with E-state index in [0.29, 0.717) is 0 Å². The van der Waals surface area contributed by atoms with Gasteiger partial charge in [0, 0.05) is 10.7 Å². The number of hydrogen-bond donors (Lipinski definition) is 0. The first-order valence-corrected chi connectivity index (χ1v) is 20.9. The zero-order chi connectivity index (χ0) is 29.4. The second kappa shape index (κ2) is 14.1. The molecule has 0 fully saturated rings. The summed E-state index contributed by atoms with van der Waals surface area (Å²) in [6.07, 6.45) is 4.35. The SMILES string of the molecule is CC(C)(CCCBr)[Si](O[Si](c1ccccc1)(c1ccccc1)C(C)(C)CCCBr)(c1ccccc1)c1ccccc1. The molecule has 0 atom stereocenters. The highest BCUT2D eigenvalue weighted by molar-refractivity contribution is 9.09. The molecule has 0 radical (unpaired) electrons. The predicted molar refractivity (Wildman–Crippen MR) is 191 cm³/mol. The average molecular weight is 709 g/mol. The smallest absolute Gasteiger partial charge is 0.251 e. The normalized spacial score (nSPS) is 12.8. The maximum atomic E-state index is 8.54. The first-order valence-electron chi connectivity index (χ1n) is 14.8. The highest BCUT2D eigenvalue weighted by Gasteiger charge is 2.61. The van der Waals surface area contributed by atoms with Gasteiger partial charge in [0.05, 0.1) is 0 Å². The lowest BCUT2D eigenvalue weighted by Crippen LogP contribution is -2.78. The molecule has 4 rings (SSSR count). The molecule has 0 bridgehead atoms. The molecule has 0 amide bonds. The van der Waals surface area contributed by atoms with Crippen LogP contribution in [0.1, 0.15) is 53.4 Å². The van der Waals surface area contributed by atoms with E-state index in [9.17, 15) is 0 Å². The van der Waals surface area contributed by atoms with Crippen LogP contribution in [0.2, 0.25) is 10.1 Å². The zero-order valence-corrected chi connectivity index (χ0v) is 30.1. The first-order chi connectivity index (χ1) is 19.7. The summed E-state index contributed by atoms with van der Waals surface area (Å²) in [4.78, 5) is 0. The number of alkyl halides is 2. The Labute approximate surface area is 267 Å². The van der Waals surface area contributed by atoms with Gasteiger partial charge in [-0.1, -0.05) is 181 Å². The van der Waals surface area contributed by atoms with E-state index in [1.807, 2.05) is 0 Å². The van der Waals surface area contributed by atoms with Crippen LogP contribution in [-0.4, -0.2) is 27.3 Å². The minimum absolute atomic E-state index is 0.0865. The molecule has 216 valence electrons. The van der Waals surface area contributed by atoms with E-state index in [2.05, 4.69) is 181 Å². The molecule has 0 saturated heterocycles. The van der Waals surface area contributed by atoms with Crippen LogP contribution in [0.25, 0.3) is 0 Å². The second-order valence-corrected chi connectivity index (χ2v) is 22.4. The second-order valence-electron chi connectivity index (χ2n) is 12.3. The fraction of sp³-hybridized carbons (Fsp3) is 0.333. The molecule has 0 aromatic heterocycles. The molecule has 4 aromatic rings. The Bertz CT molecular complexity index is 1150. The third-order valence-electron chi connectivity index (χ3n) is 8.80. The van der Waals surface area contributed by atoms with E-state index >= 15 is 0 Å². The lowest BCUT2D eigenvalue weighted by atomic mass is 10.1. The van der Waals surface area contributed by atoms with E-state index in [1.165, 1.54) is 20.7 Å². The Morgan fingerprint density at radius 3 is 0.927 bits per heavy atom. The number of hydrogen-bond acceptors (Lipinski definition) is 1. The molecule has 1 nitrogen and oxygen atoms in total. The van der Waals surface area contributed by atoms with Gasteiger partial charge in [-0.15, -0.1) is 0 Å². The third kappa shape index (κ3) is 6.45. The van der Waals surface area contributed by atoms with Crippen molar-refractivity contribution in [1.29, 1.82) is 0 Å². The monoisotopic (exact) mass is 706 g/mol. The Morgan fingerprint density at radius 2 is 0.707 bits per heavy atom. The Hall–Kier alpha value is -1.77. The Balaban J connectivity index is 2.17. The van der Waals surface area contributed by atoms with Crippen molar-refractivity contribution in [3.8, 4) is 0 Å². The summed E-state index contributed by atoms with van der Waals surface area (Å²) in [5, 5.41) is 7.21. The standard InChI is InChI=1S/C36H44Br2OSi2/c1-35(2,27-17-29-37)40(31-19-9-5-10-20-31,32-21-11-6-12-22-32)39-41(33-23-13-7-14-24-33,34-25-15-8-16-26-34)36(3,4)28-18-30-38/h5-16,19-26H,17-18,27-30H2,1-4H3. The molecular weight excluding hydrogens is 664 g/mol. The van der Waals surface area contributed by atoms with Crippen LogP contribution in [0.5, 0.6) is 0 Å². The van der Waals surface area contributed by atoms with Crippen LogP contribution in [0.15, 0.2) is 121 Å². The van der Waals surface area contributed by atoms with Crippen molar-refractivity contribution in [2.45, 2.75) is 63.5 Å². The molecule has 0 heterocycles. The van der Waals surface area contributed by atoms with Crippen LogP contribution < -0.4 is 20.7 Å². The van der Waals surface area contributed by atoms with Gasteiger partial charge < -0.3 is 4.12 Å². The lowest BCUT2D eigenvalue weighted by Gasteiger charge is -2.55. The molecule has 0 saturated carbocycles. The van der Waals surface area contributed by atoms with E-state index < -0.39 is 16.6 Å². The highest BCUT2D eigenvalue weighted by Crippen LogP contribution is 2.49. The Morgan fingerprint density at radius 1 is 0.463 bits per heavy atom. The van der Waals surface area contributed by atoms with Gasteiger partial charge in [0.25, 0.3) is 16.6 Å². The van der Waals surface area contributed by atoms with Crippen molar-refractivity contribution < 1.29 is 4.12 Å². The van der Waals surface area contributed by atoms with E-state index in [-0.39, 0.29) is 10.1 Å². The van der Waals surface area contributed by atoms with Gasteiger partial charge in [-0.2, -0.15) is 0 Å². The van der Waals surface area contributed by atoms with Gasteiger partial charge in [-0.05, 0) is 56.5 Å². The van der Waals surface area contributed by atoms with Crippen molar-refractivity contribution in [3.63, 3.8) is 0 Å². The van der Waals surface area contributed by atoms with Crippen LogP contribution in [0.3, 0.4) is 0 Å². The molecule has 4 aromatic carbocycles. The molecule has 41 heavy (non-hydrogen) atoms. The maximum absolute atomic E-state index is 8.54. The van der Waals surface area contributed by atoms with Crippen molar-refractivity contribution in [2.24, 2.45) is 0 Å². The Kier molecular flexibility index (Phi) is 11.1. The quantitative estimate of drug-likeness (QED) is 0.0945. The summed E-state index contributed by atoms with van der Waals surface area (Å²) in [5.74, 6) is 0. The lowest BCUT2D eigenvalue weighted by molar-refractivity contribution is 0.430. The topological polar surface area (TPSA) is 9.23 Å². The van der Waals surface area contributed by atoms with Gasteiger partial charge in [-0.25, -0.2) is 0 Å². The predicted octanol–water partition coefficient (Wildman–Crippen LogP) is 8.43. The van der Waals surface area contributed by atoms with Crippen LogP contribution in [-0.2, 0) is 4.12 Å². The van der Waals surface area contributed by atoms with Gasteiger partial charge in [0.1, 0.15) is 0 Å². The molecule has 5 heteroatoms. The number of halogens is 2. The number of rotatable bonds is 14. The molecular formula is C36H44Br2OSi2. The summed E-state index contributed by atoms with van der Waals surface area (Å²) in [7, 11) is -5.87. The van der Waals surface area contributed by atoms with Crippen molar-refractivity contribution >= 4 is 69.2 Å². The van der Waals surface area contributed by atoms with Crippen LogP contribution in [0.4, 0.5) is 0 Å². The number of benzene rings is 4. The van der Waals surface area contributed by atoms with Gasteiger partial charge >= 0.3 is 0 Å². The molecule has 0 spiro atoms. The first kappa shape index (κ1) is 32.2.